The van der Waals surface area contributed by atoms with Crippen LogP contribution in [0.3, 0.4) is 0 Å². The second kappa shape index (κ2) is 36.8. The van der Waals surface area contributed by atoms with E-state index in [0.717, 1.165) is 0 Å². The van der Waals surface area contributed by atoms with Gasteiger partial charge in [-0.05, 0) is 52.0 Å². The summed E-state index contributed by atoms with van der Waals surface area (Å²) in [5.74, 6) is -3.31. The Labute approximate surface area is 469 Å². The van der Waals surface area contributed by atoms with E-state index in [1.807, 2.05) is 0 Å². The van der Waals surface area contributed by atoms with Gasteiger partial charge in [-0.1, -0.05) is 0 Å². The van der Waals surface area contributed by atoms with Gasteiger partial charge in [-0.2, -0.15) is 0 Å². The first-order valence-electron chi connectivity index (χ1n) is 27.3. The first-order valence-corrected chi connectivity index (χ1v) is 27.3. The van der Waals surface area contributed by atoms with E-state index in [-0.39, 0.29) is 109 Å². The molecule has 466 valence electrons. The first kappa shape index (κ1) is 70.6. The van der Waals surface area contributed by atoms with Crippen LogP contribution in [0.25, 0.3) is 0 Å². The molecule has 3 saturated heterocycles. The van der Waals surface area contributed by atoms with Gasteiger partial charge in [-0.15, -0.1) is 0 Å². The fourth-order valence-electron chi connectivity index (χ4n) is 9.27. The molecule has 31 nitrogen and oxygen atoms in total. The molecule has 0 spiro atoms. The highest BCUT2D eigenvalue weighted by Crippen LogP contribution is 2.25. The Morgan fingerprint density at radius 1 is 0.519 bits per heavy atom. The van der Waals surface area contributed by atoms with Crippen LogP contribution in [0, 0.1) is 0 Å². The molecule has 0 radical (unpaired) electrons. The van der Waals surface area contributed by atoms with Crippen LogP contribution in [-0.4, -0.2) is 275 Å². The van der Waals surface area contributed by atoms with E-state index in [9.17, 15) is 84.3 Å². The maximum Gasteiger partial charge on any atom is 0.222 e. The topological polar surface area (TPSA) is 461 Å². The van der Waals surface area contributed by atoms with Crippen LogP contribution < -0.4 is 37.2 Å². The van der Waals surface area contributed by atoms with E-state index < -0.39 is 147 Å². The molecule has 16 atom stereocenters. The molecule has 3 rings (SSSR count). The van der Waals surface area contributed by atoms with Gasteiger partial charge in [0.2, 0.25) is 41.4 Å². The minimum absolute atomic E-state index is 0.0179. The van der Waals surface area contributed by atoms with E-state index in [1.54, 1.807) is 7.05 Å². The van der Waals surface area contributed by atoms with Crippen LogP contribution in [-0.2, 0) is 66.8 Å². The second-order valence-corrected chi connectivity index (χ2v) is 20.2. The van der Waals surface area contributed by atoms with Crippen molar-refractivity contribution in [3.63, 3.8) is 0 Å². The van der Waals surface area contributed by atoms with Crippen molar-refractivity contribution in [3.8, 4) is 0 Å². The summed E-state index contributed by atoms with van der Waals surface area (Å²) in [4.78, 5) is 102. The van der Waals surface area contributed by atoms with E-state index in [2.05, 4.69) is 37.2 Å². The Hall–Kier alpha value is -4.68. The number of likely N-dealkylation sites (N-methyl/N-ethyl adjacent to an activating group) is 1. The largest absolute Gasteiger partial charge is 0.394 e. The Kier molecular flexibility index (Phi) is 32.1. The Balaban J connectivity index is 1.57. The molecule has 16 unspecified atom stereocenters. The van der Waals surface area contributed by atoms with Crippen molar-refractivity contribution in [2.45, 2.75) is 189 Å². The number of ether oxygens (including phenoxy) is 6. The molecule has 7 amide bonds. The molecular formula is C50H88N8O23. The summed E-state index contributed by atoms with van der Waals surface area (Å²) in [6.45, 7) is 1.63. The van der Waals surface area contributed by atoms with Crippen LogP contribution in [0.15, 0.2) is 0 Å². The number of hydrogen-bond acceptors (Lipinski definition) is 24. The van der Waals surface area contributed by atoms with Crippen molar-refractivity contribution in [3.05, 3.63) is 0 Å². The quantitative estimate of drug-likeness (QED) is 0.0203. The normalized spacial score (nSPS) is 29.1. The summed E-state index contributed by atoms with van der Waals surface area (Å²) in [5.41, 5.74) is -1.54. The lowest BCUT2D eigenvalue weighted by atomic mass is 9.93. The van der Waals surface area contributed by atoms with Gasteiger partial charge in [0.05, 0.1) is 19.8 Å². The fraction of sp³-hybridized carbons (Fsp3) is 0.840. The van der Waals surface area contributed by atoms with E-state index in [1.165, 1.54) is 25.7 Å². The predicted octanol–water partition coefficient (Wildman–Crippen LogP) is -7.51. The number of aliphatic hydroxyl groups excluding tert-OH is 9. The number of aliphatic hydroxyl groups is 9. The number of amides is 7. The fourth-order valence-corrected chi connectivity index (χ4v) is 9.27. The first-order chi connectivity index (χ1) is 38.5. The molecular weight excluding hydrogens is 1080 g/mol. The summed E-state index contributed by atoms with van der Waals surface area (Å²) in [6, 6.07) is -3.41. The highest BCUT2D eigenvalue weighted by Gasteiger charge is 2.48. The molecule has 3 fully saturated rings. The lowest BCUT2D eigenvalue weighted by molar-refractivity contribution is -0.270. The summed E-state index contributed by atoms with van der Waals surface area (Å²) in [7, 11) is 1.55. The van der Waals surface area contributed by atoms with Crippen molar-refractivity contribution < 1.29 is 113 Å². The molecule has 0 aromatic rings. The average molecular weight is 1170 g/mol. The molecule has 0 aromatic heterocycles. The van der Waals surface area contributed by atoms with E-state index in [0.29, 0.717) is 32.0 Å². The number of rotatable bonds is 37. The van der Waals surface area contributed by atoms with Crippen LogP contribution in [0.2, 0.25) is 0 Å². The van der Waals surface area contributed by atoms with Gasteiger partial charge in [-0.25, -0.2) is 0 Å². The molecule has 3 heterocycles. The van der Waals surface area contributed by atoms with Crippen molar-refractivity contribution in [2.24, 2.45) is 0 Å². The number of nitrogens with zero attached hydrogens (tertiary/aromatic N) is 1. The number of aldehydes is 1. The van der Waals surface area contributed by atoms with Crippen LogP contribution in [0.4, 0.5) is 0 Å². The van der Waals surface area contributed by atoms with Crippen molar-refractivity contribution in [2.75, 3.05) is 79.4 Å². The van der Waals surface area contributed by atoms with E-state index >= 15 is 0 Å². The summed E-state index contributed by atoms with van der Waals surface area (Å²) >= 11 is 0. The number of carbonyl (C=O) groups excluding carboxylic acids is 8. The molecule has 0 aromatic carbocycles. The lowest BCUT2D eigenvalue weighted by Gasteiger charge is -2.42. The SMILES string of the molecule is CNCC(C=O)(CCC(=O)N(CCNC(=O)CCCCOC1OC(CO)C(O)C(O)C1NC(C)=O)CCNC(=O)CCCCOC1OC(CO)C(O)C(O)C1NC(C)=O)NC(=O)CCCCOC1OC(CO)C(O)C(O)C1NC(C)=O. The van der Waals surface area contributed by atoms with Gasteiger partial charge in [0.15, 0.2) is 18.9 Å². The van der Waals surface area contributed by atoms with Crippen LogP contribution in [0.1, 0.15) is 91.4 Å². The summed E-state index contributed by atoms with van der Waals surface area (Å²) in [5, 5.41) is 110. The monoisotopic (exact) mass is 1170 g/mol. The second-order valence-electron chi connectivity index (χ2n) is 20.2. The molecule has 16 N–H and O–H groups in total. The standard InChI is InChI=1S/C50H88N8O23/c1-28(63)54-38-44(73)41(70)31(23-59)79-47(38)76-20-8-5-11-34(66)52-16-18-58(19-17-53-35(67)12-6-9-21-77-48-39(55-29(2)64)45(74)42(71)32(24-60)80-48)37(69)14-15-50(27-62,26-51-4)57-36(68)13-7-10-22-78-49-40(56-30(3)65)46(75)43(72)33(25-61)81-49/h27,31-33,38-49,51,59-61,70-75H,5-26H2,1-4H3,(H,52,66)(H,53,67)(H,54,63)(H,55,64)(H,56,65)(H,57,68). The molecule has 0 aliphatic carbocycles. The zero-order chi connectivity index (χ0) is 60.2. The molecule has 31 heteroatoms. The smallest absolute Gasteiger partial charge is 0.222 e. The molecule has 0 bridgehead atoms. The van der Waals surface area contributed by atoms with E-state index in [4.69, 9.17) is 28.4 Å². The Morgan fingerprint density at radius 3 is 1.17 bits per heavy atom. The maximum atomic E-state index is 13.9. The Bertz CT molecular complexity index is 1890. The average Bonchev–Trinajstić information content (AvgIpc) is 3.45. The Morgan fingerprint density at radius 2 is 0.864 bits per heavy atom. The third-order valence-corrected chi connectivity index (χ3v) is 13.6. The zero-order valence-electron chi connectivity index (χ0n) is 46.5. The van der Waals surface area contributed by atoms with Gasteiger partial charge in [0.1, 0.15) is 84.9 Å². The number of nitrogens with one attached hydrogen (secondary N) is 7. The highest BCUT2D eigenvalue weighted by atomic mass is 16.7. The number of hydrogen-bond donors (Lipinski definition) is 16. The minimum atomic E-state index is -1.54. The molecule has 0 saturated carbocycles. The highest BCUT2D eigenvalue weighted by molar-refractivity contribution is 5.83. The third kappa shape index (κ3) is 23.5. The van der Waals surface area contributed by atoms with Crippen LogP contribution >= 0.6 is 0 Å². The predicted molar refractivity (Wildman–Crippen MR) is 278 cm³/mol. The summed E-state index contributed by atoms with van der Waals surface area (Å²) in [6.07, 6.45) is -14.2. The van der Waals surface area contributed by atoms with Crippen molar-refractivity contribution in [1.29, 1.82) is 0 Å². The molecule has 3 aliphatic heterocycles. The van der Waals surface area contributed by atoms with Gasteiger partial charge in [0, 0.05) is 99.0 Å². The number of carbonyl (C=O) groups is 8. The lowest BCUT2D eigenvalue weighted by Crippen LogP contribution is -2.64. The maximum absolute atomic E-state index is 13.9. The zero-order valence-corrected chi connectivity index (χ0v) is 46.5. The van der Waals surface area contributed by atoms with Gasteiger partial charge < -0.3 is 121 Å². The van der Waals surface area contributed by atoms with Crippen LogP contribution in [0.5, 0.6) is 0 Å². The van der Waals surface area contributed by atoms with Crippen molar-refractivity contribution in [1.82, 2.24) is 42.1 Å². The van der Waals surface area contributed by atoms with Gasteiger partial charge in [0.25, 0.3) is 0 Å². The van der Waals surface area contributed by atoms with Crippen molar-refractivity contribution >= 4 is 47.6 Å². The van der Waals surface area contributed by atoms with Gasteiger partial charge in [-0.3, -0.25) is 33.6 Å². The molecule has 81 heavy (non-hydrogen) atoms. The van der Waals surface area contributed by atoms with Gasteiger partial charge >= 0.3 is 0 Å². The minimum Gasteiger partial charge on any atom is -0.394 e. The number of unbranched alkanes of at least 4 members (excludes halogenated alkanes) is 3. The third-order valence-electron chi connectivity index (χ3n) is 13.6. The molecule has 3 aliphatic rings. The summed E-state index contributed by atoms with van der Waals surface area (Å²) < 4.78 is 33.8.